The summed E-state index contributed by atoms with van der Waals surface area (Å²) in [5.41, 5.74) is 13.5. The zero-order chi connectivity index (χ0) is 22.5. The summed E-state index contributed by atoms with van der Waals surface area (Å²) >= 11 is 0. The Morgan fingerprint density at radius 2 is 1.59 bits per heavy atom. The molecule has 0 heteroatoms. The maximum atomic E-state index is 4.50. The summed E-state index contributed by atoms with van der Waals surface area (Å²) in [7, 11) is 0. The number of hydrogen-bond donors (Lipinski definition) is 0. The van der Waals surface area contributed by atoms with Gasteiger partial charge in [0.1, 0.15) is 0 Å². The molecule has 3 aliphatic rings. The van der Waals surface area contributed by atoms with Crippen LogP contribution in [0.5, 0.6) is 0 Å². The van der Waals surface area contributed by atoms with E-state index in [1.807, 2.05) is 0 Å². The van der Waals surface area contributed by atoms with Crippen molar-refractivity contribution in [3.05, 3.63) is 88.5 Å². The SMILES string of the molecule is C=C1CC(CC)(CC)Cc2ccc(C3=CC=C(c4ccc5c(c4)CCC5C(C)C)C3)cc21. The van der Waals surface area contributed by atoms with E-state index in [-0.39, 0.29) is 0 Å². The summed E-state index contributed by atoms with van der Waals surface area (Å²) in [6.45, 7) is 13.9. The molecule has 0 aromatic heterocycles. The summed E-state index contributed by atoms with van der Waals surface area (Å²) < 4.78 is 0. The van der Waals surface area contributed by atoms with E-state index in [1.54, 1.807) is 11.1 Å². The molecule has 0 saturated heterocycles. The van der Waals surface area contributed by atoms with Crippen molar-refractivity contribution < 1.29 is 0 Å². The molecule has 0 nitrogen and oxygen atoms in total. The van der Waals surface area contributed by atoms with Gasteiger partial charge < -0.3 is 0 Å². The third-order valence-corrected chi connectivity index (χ3v) is 8.82. The van der Waals surface area contributed by atoms with Gasteiger partial charge in [0.2, 0.25) is 0 Å². The highest BCUT2D eigenvalue weighted by atomic mass is 14.4. The van der Waals surface area contributed by atoms with Crippen LogP contribution in [0.2, 0.25) is 0 Å². The Balaban J connectivity index is 1.34. The zero-order valence-electron chi connectivity index (χ0n) is 20.4. The van der Waals surface area contributed by atoms with E-state index in [0.717, 1.165) is 24.7 Å². The molecule has 1 unspecified atom stereocenters. The fourth-order valence-electron chi connectivity index (χ4n) is 6.49. The fraction of sp³-hybridized carbons (Fsp3) is 0.438. The van der Waals surface area contributed by atoms with Gasteiger partial charge >= 0.3 is 0 Å². The van der Waals surface area contributed by atoms with Gasteiger partial charge in [0.25, 0.3) is 0 Å². The molecule has 0 aliphatic heterocycles. The van der Waals surface area contributed by atoms with Gasteiger partial charge in [-0.1, -0.05) is 76.8 Å². The third-order valence-electron chi connectivity index (χ3n) is 8.82. The molecule has 2 aromatic rings. The molecule has 0 spiro atoms. The van der Waals surface area contributed by atoms with Crippen LogP contribution in [0.15, 0.2) is 55.1 Å². The minimum atomic E-state index is 0.412. The first kappa shape index (κ1) is 21.5. The van der Waals surface area contributed by atoms with Crippen molar-refractivity contribution in [2.45, 2.75) is 78.6 Å². The summed E-state index contributed by atoms with van der Waals surface area (Å²) in [5.74, 6) is 1.48. The smallest absolute Gasteiger partial charge is 0.00139 e. The van der Waals surface area contributed by atoms with E-state index in [0.29, 0.717) is 5.41 Å². The summed E-state index contributed by atoms with van der Waals surface area (Å²) in [6.07, 6.45) is 13.1. The van der Waals surface area contributed by atoms with Gasteiger partial charge in [-0.05, 0) is 118 Å². The second-order valence-electron chi connectivity index (χ2n) is 10.9. The second kappa shape index (κ2) is 8.22. The van der Waals surface area contributed by atoms with Crippen molar-refractivity contribution >= 4 is 16.7 Å². The number of aryl methyl sites for hydroxylation is 1. The Morgan fingerprint density at radius 3 is 2.28 bits per heavy atom. The molecule has 0 N–H and O–H groups in total. The average molecular weight is 423 g/mol. The third kappa shape index (κ3) is 3.62. The predicted octanol–water partition coefficient (Wildman–Crippen LogP) is 9.01. The standard InChI is InChI=1S/C32H38/c1-6-32(7-2)19-22(5)31-18-26(10-11-28(31)20-32)24-9-8-23(16-24)25-12-15-30-27(17-25)13-14-29(30)21(3)4/h8-12,15,17-18,21,29H,5-7,13-14,16,19-20H2,1-4H3. The molecule has 0 radical (unpaired) electrons. The van der Waals surface area contributed by atoms with E-state index >= 15 is 0 Å². The van der Waals surface area contributed by atoms with Crippen LogP contribution in [0.4, 0.5) is 0 Å². The molecule has 3 aliphatic carbocycles. The van der Waals surface area contributed by atoms with Crippen molar-refractivity contribution in [3.8, 4) is 0 Å². The van der Waals surface area contributed by atoms with Crippen LogP contribution in [-0.2, 0) is 12.8 Å². The van der Waals surface area contributed by atoms with Gasteiger partial charge in [-0.15, -0.1) is 0 Å². The summed E-state index contributed by atoms with van der Waals surface area (Å²) in [4.78, 5) is 0. The van der Waals surface area contributed by atoms with Crippen LogP contribution in [0.25, 0.3) is 16.7 Å². The molecule has 1 atom stereocenters. The predicted molar refractivity (Wildman–Crippen MR) is 140 cm³/mol. The number of hydrogen-bond acceptors (Lipinski definition) is 0. The minimum absolute atomic E-state index is 0.412. The number of fused-ring (bicyclic) bond motifs is 2. The molecule has 5 rings (SSSR count). The molecule has 166 valence electrons. The van der Waals surface area contributed by atoms with Gasteiger partial charge in [0.15, 0.2) is 0 Å². The monoisotopic (exact) mass is 422 g/mol. The Morgan fingerprint density at radius 1 is 0.906 bits per heavy atom. The molecule has 2 aromatic carbocycles. The first-order valence-electron chi connectivity index (χ1n) is 12.8. The highest BCUT2D eigenvalue weighted by molar-refractivity contribution is 5.88. The van der Waals surface area contributed by atoms with Crippen LogP contribution in [0, 0.1) is 11.3 Å². The number of rotatable bonds is 5. The minimum Gasteiger partial charge on any atom is -0.0952 e. The van der Waals surface area contributed by atoms with Gasteiger partial charge in [-0.2, -0.15) is 0 Å². The first-order valence-corrected chi connectivity index (χ1v) is 12.8. The molecule has 0 heterocycles. The Bertz CT molecular complexity index is 1120. The highest BCUT2D eigenvalue weighted by Gasteiger charge is 2.33. The van der Waals surface area contributed by atoms with Crippen LogP contribution in [0.3, 0.4) is 0 Å². The number of benzene rings is 2. The molecular formula is C32H38. The van der Waals surface area contributed by atoms with E-state index in [1.165, 1.54) is 71.1 Å². The van der Waals surface area contributed by atoms with E-state index in [4.69, 9.17) is 0 Å². The maximum absolute atomic E-state index is 4.50. The lowest BCUT2D eigenvalue weighted by Gasteiger charge is -2.38. The van der Waals surface area contributed by atoms with E-state index in [9.17, 15) is 0 Å². The number of allylic oxidation sites excluding steroid dienone is 5. The maximum Gasteiger partial charge on any atom is -0.00139 e. The lowest BCUT2D eigenvalue weighted by molar-refractivity contribution is 0.261. The molecule has 0 fully saturated rings. The normalized spacial score (nSPS) is 21.4. The summed E-state index contributed by atoms with van der Waals surface area (Å²) in [6, 6.07) is 14.4. The Labute approximate surface area is 195 Å². The molecule has 0 bridgehead atoms. The Hall–Kier alpha value is -2.34. The van der Waals surface area contributed by atoms with Crippen LogP contribution in [-0.4, -0.2) is 0 Å². The van der Waals surface area contributed by atoms with Gasteiger partial charge in [0.05, 0.1) is 0 Å². The zero-order valence-corrected chi connectivity index (χ0v) is 20.4. The van der Waals surface area contributed by atoms with E-state index in [2.05, 4.69) is 82.8 Å². The average Bonchev–Trinajstić information content (AvgIpc) is 3.46. The fourth-order valence-corrected chi connectivity index (χ4v) is 6.49. The lowest BCUT2D eigenvalue weighted by Crippen LogP contribution is -2.26. The van der Waals surface area contributed by atoms with Gasteiger partial charge in [-0.3, -0.25) is 0 Å². The molecule has 32 heavy (non-hydrogen) atoms. The van der Waals surface area contributed by atoms with Crippen molar-refractivity contribution in [2.24, 2.45) is 11.3 Å². The topological polar surface area (TPSA) is 0 Å². The van der Waals surface area contributed by atoms with Crippen molar-refractivity contribution in [1.82, 2.24) is 0 Å². The van der Waals surface area contributed by atoms with Gasteiger partial charge in [0, 0.05) is 0 Å². The second-order valence-corrected chi connectivity index (χ2v) is 10.9. The highest BCUT2D eigenvalue weighted by Crippen LogP contribution is 2.47. The molecular weight excluding hydrogens is 384 g/mol. The Kier molecular flexibility index (Phi) is 5.52. The quantitative estimate of drug-likeness (QED) is 0.451. The molecule has 0 amide bonds. The largest absolute Gasteiger partial charge is 0.0952 e. The van der Waals surface area contributed by atoms with Crippen LogP contribution < -0.4 is 0 Å². The van der Waals surface area contributed by atoms with Crippen LogP contribution >= 0.6 is 0 Å². The van der Waals surface area contributed by atoms with Crippen LogP contribution in [0.1, 0.15) is 99.1 Å². The lowest BCUT2D eigenvalue weighted by atomic mass is 9.66. The summed E-state index contributed by atoms with van der Waals surface area (Å²) in [5, 5.41) is 0. The van der Waals surface area contributed by atoms with Crippen molar-refractivity contribution in [1.29, 1.82) is 0 Å². The van der Waals surface area contributed by atoms with Crippen molar-refractivity contribution in [2.75, 3.05) is 0 Å². The molecule has 0 saturated carbocycles. The van der Waals surface area contributed by atoms with Crippen molar-refractivity contribution in [3.63, 3.8) is 0 Å². The van der Waals surface area contributed by atoms with Gasteiger partial charge in [-0.25, -0.2) is 0 Å². The van der Waals surface area contributed by atoms with E-state index < -0.39 is 0 Å². The first-order chi connectivity index (χ1) is 15.4.